The van der Waals surface area contributed by atoms with Gasteiger partial charge in [0, 0.05) is 22.2 Å². The Bertz CT molecular complexity index is 1250. The van der Waals surface area contributed by atoms with Crippen LogP contribution >= 0.6 is 0 Å². The van der Waals surface area contributed by atoms with Crippen molar-refractivity contribution in [3.8, 4) is 5.75 Å². The van der Waals surface area contributed by atoms with Crippen LogP contribution in [0.2, 0.25) is 0 Å². The molecule has 5 heteroatoms. The number of methoxy groups -OCH3 is 1. The van der Waals surface area contributed by atoms with E-state index in [0.29, 0.717) is 16.2 Å². The molecule has 3 aromatic carbocycles. The average molecular weight is 406 g/mol. The number of hydrogen-bond donors (Lipinski definition) is 1. The molecule has 0 bridgehead atoms. The fourth-order valence-electron chi connectivity index (χ4n) is 3.78. The smallest absolute Gasteiger partial charge is 0.189 e. The minimum absolute atomic E-state index is 0.314. The molecule has 0 fully saturated rings. The van der Waals surface area contributed by atoms with Crippen molar-refractivity contribution in [2.24, 2.45) is 0 Å². The molecule has 0 amide bonds. The molecule has 0 radical (unpaired) electrons. The maximum atomic E-state index is 13.8. The van der Waals surface area contributed by atoms with Crippen molar-refractivity contribution < 1.29 is 13.2 Å². The Morgan fingerprint density at radius 3 is 2.17 bits per heavy atom. The molecule has 4 rings (SSSR count). The number of sulfone groups is 1. The van der Waals surface area contributed by atoms with E-state index < -0.39 is 15.1 Å². The highest BCUT2D eigenvalue weighted by atomic mass is 32.2. The molecule has 29 heavy (non-hydrogen) atoms. The first-order valence-electron chi connectivity index (χ1n) is 9.43. The van der Waals surface area contributed by atoms with Crippen LogP contribution in [0.15, 0.2) is 77.7 Å². The van der Waals surface area contributed by atoms with Gasteiger partial charge in [-0.1, -0.05) is 48.0 Å². The van der Waals surface area contributed by atoms with E-state index >= 15 is 0 Å². The minimum atomic E-state index is -3.69. The number of hydrogen-bond acceptors (Lipinski definition) is 3. The number of benzene rings is 3. The monoisotopic (exact) mass is 405 g/mol. The highest BCUT2D eigenvalue weighted by Gasteiger charge is 2.34. The van der Waals surface area contributed by atoms with Gasteiger partial charge in [-0.15, -0.1) is 0 Å². The summed E-state index contributed by atoms with van der Waals surface area (Å²) in [6, 6.07) is 22.1. The number of aryl methyl sites for hydroxylation is 2. The molecule has 4 aromatic rings. The number of aromatic amines is 1. The molecular weight excluding hydrogens is 382 g/mol. The Balaban J connectivity index is 1.99. The zero-order valence-electron chi connectivity index (χ0n) is 16.6. The SMILES string of the molecule is COc1ccc(C(c2c(C)[nH]c3ccccc23)S(=O)(=O)c2ccc(C)cc2)cc1. The van der Waals surface area contributed by atoms with Gasteiger partial charge in [-0.25, -0.2) is 8.42 Å². The van der Waals surface area contributed by atoms with Crippen LogP contribution in [0.3, 0.4) is 0 Å². The summed E-state index contributed by atoms with van der Waals surface area (Å²) in [6.07, 6.45) is 0. The van der Waals surface area contributed by atoms with Gasteiger partial charge in [0.15, 0.2) is 9.84 Å². The van der Waals surface area contributed by atoms with Crippen LogP contribution in [-0.4, -0.2) is 20.5 Å². The molecule has 148 valence electrons. The normalized spacial score (nSPS) is 12.8. The van der Waals surface area contributed by atoms with Crippen molar-refractivity contribution in [2.75, 3.05) is 7.11 Å². The van der Waals surface area contributed by atoms with E-state index in [2.05, 4.69) is 4.98 Å². The van der Waals surface area contributed by atoms with Gasteiger partial charge in [-0.2, -0.15) is 0 Å². The fraction of sp³-hybridized carbons (Fsp3) is 0.167. The molecule has 1 unspecified atom stereocenters. The standard InChI is InChI=1S/C24H23NO3S/c1-16-8-14-20(15-9-16)29(26,27)24(18-10-12-19(28-3)13-11-18)23-17(2)25-22-7-5-4-6-21(22)23/h4-15,24-25H,1-3H3. The fourth-order valence-corrected chi connectivity index (χ4v) is 5.70. The minimum Gasteiger partial charge on any atom is -0.497 e. The van der Waals surface area contributed by atoms with Gasteiger partial charge in [0.2, 0.25) is 0 Å². The molecule has 0 saturated carbocycles. The summed E-state index contributed by atoms with van der Waals surface area (Å²) >= 11 is 0. The number of nitrogens with one attached hydrogen (secondary N) is 1. The molecular formula is C24H23NO3S. The van der Waals surface area contributed by atoms with Crippen molar-refractivity contribution in [3.63, 3.8) is 0 Å². The van der Waals surface area contributed by atoms with Gasteiger partial charge in [0.05, 0.1) is 12.0 Å². The van der Waals surface area contributed by atoms with Crippen molar-refractivity contribution >= 4 is 20.7 Å². The Kier molecular flexibility index (Phi) is 4.92. The van der Waals surface area contributed by atoms with E-state index in [1.165, 1.54) is 0 Å². The Morgan fingerprint density at radius 1 is 0.862 bits per heavy atom. The molecule has 0 aliphatic heterocycles. The first-order valence-corrected chi connectivity index (χ1v) is 11.0. The lowest BCUT2D eigenvalue weighted by atomic mass is 10.0. The van der Waals surface area contributed by atoms with Crippen molar-refractivity contribution in [1.82, 2.24) is 4.98 Å². The Labute approximate surface area is 171 Å². The number of H-pyrrole nitrogens is 1. The predicted molar refractivity (Wildman–Crippen MR) is 116 cm³/mol. The first-order chi connectivity index (χ1) is 13.9. The van der Waals surface area contributed by atoms with Gasteiger partial charge in [0.25, 0.3) is 0 Å². The zero-order chi connectivity index (χ0) is 20.6. The van der Waals surface area contributed by atoms with E-state index in [-0.39, 0.29) is 0 Å². The maximum Gasteiger partial charge on any atom is 0.189 e. The third-order valence-electron chi connectivity index (χ3n) is 5.28. The van der Waals surface area contributed by atoms with Crippen LogP contribution in [0.5, 0.6) is 5.75 Å². The van der Waals surface area contributed by atoms with Crippen LogP contribution in [-0.2, 0) is 9.84 Å². The quantitative estimate of drug-likeness (QED) is 0.486. The van der Waals surface area contributed by atoms with E-state index in [9.17, 15) is 8.42 Å². The van der Waals surface area contributed by atoms with E-state index in [1.807, 2.05) is 62.4 Å². The lowest BCUT2D eigenvalue weighted by Gasteiger charge is -2.20. The molecule has 0 saturated heterocycles. The van der Waals surface area contributed by atoms with Crippen LogP contribution in [0.4, 0.5) is 0 Å². The van der Waals surface area contributed by atoms with Crippen LogP contribution in [0, 0.1) is 13.8 Å². The lowest BCUT2D eigenvalue weighted by Crippen LogP contribution is -2.16. The third kappa shape index (κ3) is 3.42. The number of fused-ring (bicyclic) bond motifs is 1. The highest BCUT2D eigenvalue weighted by molar-refractivity contribution is 7.92. The summed E-state index contributed by atoms with van der Waals surface area (Å²) in [6.45, 7) is 3.87. The Morgan fingerprint density at radius 2 is 1.52 bits per heavy atom. The molecule has 0 aliphatic rings. The summed E-state index contributed by atoms with van der Waals surface area (Å²) in [4.78, 5) is 3.66. The van der Waals surface area contributed by atoms with Crippen molar-refractivity contribution in [3.05, 3.63) is 95.2 Å². The summed E-state index contributed by atoms with van der Waals surface area (Å²) in [5.74, 6) is 0.691. The van der Waals surface area contributed by atoms with Gasteiger partial charge in [0.1, 0.15) is 11.0 Å². The van der Waals surface area contributed by atoms with E-state index in [4.69, 9.17) is 4.74 Å². The molecule has 1 N–H and O–H groups in total. The summed E-state index contributed by atoms with van der Waals surface area (Å²) in [5.41, 5.74) is 4.29. The second-order valence-corrected chi connectivity index (χ2v) is 9.25. The lowest BCUT2D eigenvalue weighted by molar-refractivity contribution is 0.414. The third-order valence-corrected chi connectivity index (χ3v) is 7.34. The largest absolute Gasteiger partial charge is 0.497 e. The molecule has 1 aromatic heterocycles. The molecule has 0 spiro atoms. The number of aromatic nitrogens is 1. The molecule has 1 heterocycles. The van der Waals surface area contributed by atoms with Crippen molar-refractivity contribution in [1.29, 1.82) is 0 Å². The Hall–Kier alpha value is -3.05. The second kappa shape index (κ2) is 7.41. The number of para-hydroxylation sites is 1. The molecule has 0 aliphatic carbocycles. The van der Waals surface area contributed by atoms with Gasteiger partial charge < -0.3 is 9.72 Å². The van der Waals surface area contributed by atoms with Gasteiger partial charge >= 0.3 is 0 Å². The molecule has 4 nitrogen and oxygen atoms in total. The second-order valence-electron chi connectivity index (χ2n) is 7.22. The summed E-state index contributed by atoms with van der Waals surface area (Å²) in [5, 5.41) is 0.0915. The maximum absolute atomic E-state index is 13.8. The highest BCUT2D eigenvalue weighted by Crippen LogP contribution is 2.40. The van der Waals surface area contributed by atoms with Gasteiger partial charge in [-0.3, -0.25) is 0 Å². The zero-order valence-corrected chi connectivity index (χ0v) is 17.5. The summed E-state index contributed by atoms with van der Waals surface area (Å²) < 4.78 is 33.0. The first kappa shape index (κ1) is 19.3. The van der Waals surface area contributed by atoms with Crippen LogP contribution in [0.25, 0.3) is 10.9 Å². The van der Waals surface area contributed by atoms with E-state index in [0.717, 1.165) is 27.7 Å². The number of rotatable bonds is 5. The van der Waals surface area contributed by atoms with Crippen LogP contribution < -0.4 is 4.74 Å². The van der Waals surface area contributed by atoms with Crippen LogP contribution in [0.1, 0.15) is 27.6 Å². The molecule has 1 atom stereocenters. The average Bonchev–Trinajstić information content (AvgIpc) is 3.05. The summed E-state index contributed by atoms with van der Waals surface area (Å²) in [7, 11) is -2.09. The van der Waals surface area contributed by atoms with Crippen molar-refractivity contribution in [2.45, 2.75) is 24.0 Å². The van der Waals surface area contributed by atoms with Gasteiger partial charge in [-0.05, 0) is 49.7 Å². The predicted octanol–water partition coefficient (Wildman–Crippen LogP) is 5.36. The van der Waals surface area contributed by atoms with E-state index in [1.54, 1.807) is 31.4 Å². The number of ether oxygens (including phenoxy) is 1. The topological polar surface area (TPSA) is 59.2 Å².